The minimum atomic E-state index is -0.338. The van der Waals surface area contributed by atoms with Crippen LogP contribution in [0, 0.1) is 19.8 Å². The van der Waals surface area contributed by atoms with E-state index in [-0.39, 0.29) is 18.4 Å². The van der Waals surface area contributed by atoms with Gasteiger partial charge in [-0.25, -0.2) is 4.79 Å². The highest BCUT2D eigenvalue weighted by molar-refractivity contribution is 5.95. The third-order valence-electron chi connectivity index (χ3n) is 6.31. The van der Waals surface area contributed by atoms with E-state index in [9.17, 15) is 9.59 Å². The molecule has 6 heteroatoms. The van der Waals surface area contributed by atoms with Crippen LogP contribution in [0.1, 0.15) is 54.7 Å². The molecule has 1 fully saturated rings. The van der Waals surface area contributed by atoms with Crippen LogP contribution in [0.25, 0.3) is 11.3 Å². The van der Waals surface area contributed by atoms with Crippen LogP contribution in [0.15, 0.2) is 30.3 Å². The van der Waals surface area contributed by atoms with Crippen molar-refractivity contribution in [3.63, 3.8) is 0 Å². The van der Waals surface area contributed by atoms with Gasteiger partial charge in [-0.2, -0.15) is 0 Å². The van der Waals surface area contributed by atoms with Crippen molar-refractivity contribution in [2.45, 2.75) is 53.5 Å². The number of hydrogen-bond donors (Lipinski definition) is 1. The minimum absolute atomic E-state index is 0.0392. The quantitative estimate of drug-likeness (QED) is 0.470. The van der Waals surface area contributed by atoms with Crippen molar-refractivity contribution in [3.05, 3.63) is 47.2 Å². The molecule has 1 aliphatic rings. The summed E-state index contributed by atoms with van der Waals surface area (Å²) in [6.07, 6.45) is 3.53. The van der Waals surface area contributed by atoms with Crippen molar-refractivity contribution < 1.29 is 14.3 Å². The molecule has 0 radical (unpaired) electrons. The molecular weight excluding hydrogens is 402 g/mol. The maximum atomic E-state index is 12.8. The number of esters is 1. The second-order valence-corrected chi connectivity index (χ2v) is 8.86. The third kappa shape index (κ3) is 5.80. The Labute approximate surface area is 191 Å². The summed E-state index contributed by atoms with van der Waals surface area (Å²) in [4.78, 5) is 27.9. The smallest absolute Gasteiger partial charge is 0.340 e. The molecule has 0 aliphatic carbocycles. The van der Waals surface area contributed by atoms with Crippen LogP contribution in [0.3, 0.4) is 0 Å². The van der Waals surface area contributed by atoms with Crippen molar-refractivity contribution >= 4 is 11.9 Å². The van der Waals surface area contributed by atoms with Gasteiger partial charge in [-0.15, -0.1) is 0 Å². The Morgan fingerprint density at radius 3 is 2.62 bits per heavy atom. The van der Waals surface area contributed by atoms with Crippen LogP contribution in [0.2, 0.25) is 0 Å². The van der Waals surface area contributed by atoms with Crippen molar-refractivity contribution in [2.75, 3.05) is 32.8 Å². The van der Waals surface area contributed by atoms with Crippen LogP contribution < -0.4 is 5.32 Å². The number of ether oxygens (including phenoxy) is 1. The highest BCUT2D eigenvalue weighted by Crippen LogP contribution is 2.31. The Bertz CT molecular complexity index is 920. The van der Waals surface area contributed by atoms with Gasteiger partial charge in [0.1, 0.15) is 6.54 Å². The summed E-state index contributed by atoms with van der Waals surface area (Å²) < 4.78 is 7.23. The van der Waals surface area contributed by atoms with E-state index in [1.54, 1.807) is 6.92 Å². The van der Waals surface area contributed by atoms with Gasteiger partial charge in [0.25, 0.3) is 0 Å². The maximum Gasteiger partial charge on any atom is 0.340 e. The molecule has 32 heavy (non-hydrogen) atoms. The molecule has 2 aromatic rings. The number of carbonyl (C=O) groups is 2. The highest BCUT2D eigenvalue weighted by Gasteiger charge is 2.25. The van der Waals surface area contributed by atoms with Gasteiger partial charge in [0.2, 0.25) is 5.91 Å². The molecule has 3 rings (SSSR count). The molecule has 1 saturated heterocycles. The van der Waals surface area contributed by atoms with E-state index in [0.717, 1.165) is 54.5 Å². The predicted molar refractivity (Wildman–Crippen MR) is 128 cm³/mol. The molecule has 174 valence electrons. The lowest BCUT2D eigenvalue weighted by atomic mass is 10.0. The Morgan fingerprint density at radius 2 is 1.94 bits per heavy atom. The molecule has 0 saturated carbocycles. The van der Waals surface area contributed by atoms with E-state index in [0.29, 0.717) is 18.7 Å². The van der Waals surface area contributed by atoms with Crippen LogP contribution in [0.4, 0.5) is 0 Å². The van der Waals surface area contributed by atoms with Gasteiger partial charge < -0.3 is 19.5 Å². The van der Waals surface area contributed by atoms with Crippen molar-refractivity contribution in [1.82, 2.24) is 14.8 Å². The number of piperidine rings is 1. The van der Waals surface area contributed by atoms with Gasteiger partial charge >= 0.3 is 5.97 Å². The number of carbonyl (C=O) groups excluding carboxylic acids is 2. The fraction of sp³-hybridized carbons (Fsp3) is 0.538. The number of benzene rings is 1. The first-order chi connectivity index (χ1) is 15.4. The predicted octanol–water partition coefficient (Wildman–Crippen LogP) is 4.19. The number of amides is 1. The fourth-order valence-electron chi connectivity index (χ4n) is 4.78. The summed E-state index contributed by atoms with van der Waals surface area (Å²) in [5.41, 5.74) is 4.04. The summed E-state index contributed by atoms with van der Waals surface area (Å²) in [5.74, 6) is 0.389. The van der Waals surface area contributed by atoms with Crippen LogP contribution in [-0.4, -0.2) is 54.1 Å². The number of nitrogens with zero attached hydrogens (tertiary/aromatic N) is 2. The SMILES string of the molecule is CCOC(=O)c1c(C)c(-c2ccccc2)n(CC(=O)NCCCN2CCC[C@H](C)C2)c1C. The zero-order valence-corrected chi connectivity index (χ0v) is 19.9. The zero-order valence-electron chi connectivity index (χ0n) is 19.9. The largest absolute Gasteiger partial charge is 0.462 e. The summed E-state index contributed by atoms with van der Waals surface area (Å²) >= 11 is 0. The Kier molecular flexibility index (Phi) is 8.51. The number of likely N-dealkylation sites (tertiary alicyclic amines) is 1. The molecule has 1 aliphatic heterocycles. The van der Waals surface area contributed by atoms with Crippen LogP contribution >= 0.6 is 0 Å². The molecule has 1 aromatic heterocycles. The second kappa shape index (κ2) is 11.3. The topological polar surface area (TPSA) is 63.6 Å². The first-order valence-corrected chi connectivity index (χ1v) is 11.8. The van der Waals surface area contributed by atoms with Gasteiger partial charge in [-0.1, -0.05) is 37.3 Å². The second-order valence-electron chi connectivity index (χ2n) is 8.86. The van der Waals surface area contributed by atoms with Crippen molar-refractivity contribution in [2.24, 2.45) is 5.92 Å². The van der Waals surface area contributed by atoms with Gasteiger partial charge in [0.15, 0.2) is 0 Å². The van der Waals surface area contributed by atoms with Gasteiger partial charge in [0.05, 0.1) is 17.9 Å². The normalized spacial score (nSPS) is 16.7. The summed E-state index contributed by atoms with van der Waals surface area (Å²) in [7, 11) is 0. The van der Waals surface area contributed by atoms with E-state index < -0.39 is 0 Å². The lowest BCUT2D eigenvalue weighted by Crippen LogP contribution is -2.37. The average Bonchev–Trinajstić information content (AvgIpc) is 3.01. The minimum Gasteiger partial charge on any atom is -0.462 e. The average molecular weight is 440 g/mol. The third-order valence-corrected chi connectivity index (χ3v) is 6.31. The Hall–Kier alpha value is -2.60. The molecule has 2 heterocycles. The van der Waals surface area contributed by atoms with Gasteiger partial charge in [-0.3, -0.25) is 4.79 Å². The lowest BCUT2D eigenvalue weighted by Gasteiger charge is -2.30. The zero-order chi connectivity index (χ0) is 23.1. The first-order valence-electron chi connectivity index (χ1n) is 11.8. The number of aromatic nitrogens is 1. The summed E-state index contributed by atoms with van der Waals surface area (Å²) in [6.45, 7) is 12.4. The highest BCUT2D eigenvalue weighted by atomic mass is 16.5. The number of nitrogens with one attached hydrogen (secondary N) is 1. The molecule has 1 atom stereocenters. The molecule has 1 aromatic carbocycles. The van der Waals surface area contributed by atoms with E-state index in [1.165, 1.54) is 12.8 Å². The molecule has 0 unspecified atom stereocenters. The van der Waals surface area contributed by atoms with E-state index in [1.807, 2.05) is 48.7 Å². The van der Waals surface area contributed by atoms with Crippen molar-refractivity contribution in [3.8, 4) is 11.3 Å². The van der Waals surface area contributed by atoms with Gasteiger partial charge in [0, 0.05) is 18.8 Å². The monoisotopic (exact) mass is 439 g/mol. The molecule has 0 bridgehead atoms. The standard InChI is InChI=1S/C26H37N3O3/c1-5-32-26(31)24-20(3)25(22-12-7-6-8-13-22)29(21(24)4)18-23(30)27-14-10-16-28-15-9-11-19(2)17-28/h6-8,12-13,19H,5,9-11,14-18H2,1-4H3,(H,27,30)/t19-/m0/s1. The number of rotatable bonds is 9. The maximum absolute atomic E-state index is 12.8. The molecule has 0 spiro atoms. The van der Waals surface area contributed by atoms with E-state index in [4.69, 9.17) is 4.74 Å². The van der Waals surface area contributed by atoms with Crippen LogP contribution in [0.5, 0.6) is 0 Å². The van der Waals surface area contributed by atoms with E-state index in [2.05, 4.69) is 17.1 Å². The molecular formula is C26H37N3O3. The molecule has 1 amide bonds. The number of hydrogen-bond acceptors (Lipinski definition) is 4. The fourth-order valence-corrected chi connectivity index (χ4v) is 4.78. The molecule has 6 nitrogen and oxygen atoms in total. The van der Waals surface area contributed by atoms with Gasteiger partial charge in [-0.05, 0) is 70.2 Å². The first kappa shape index (κ1) is 24.1. The molecule has 1 N–H and O–H groups in total. The Balaban J connectivity index is 1.69. The summed E-state index contributed by atoms with van der Waals surface area (Å²) in [6, 6.07) is 9.90. The van der Waals surface area contributed by atoms with Crippen LogP contribution in [-0.2, 0) is 16.1 Å². The summed E-state index contributed by atoms with van der Waals surface area (Å²) in [5, 5.41) is 3.07. The lowest BCUT2D eigenvalue weighted by molar-refractivity contribution is -0.121. The Morgan fingerprint density at radius 1 is 1.19 bits per heavy atom. The van der Waals surface area contributed by atoms with E-state index >= 15 is 0 Å². The van der Waals surface area contributed by atoms with Crippen molar-refractivity contribution in [1.29, 1.82) is 0 Å².